The van der Waals surface area contributed by atoms with Crippen molar-refractivity contribution < 1.29 is 34.7 Å². The van der Waals surface area contributed by atoms with Crippen LogP contribution in [0.15, 0.2) is 0 Å². The van der Waals surface area contributed by atoms with E-state index in [1.54, 1.807) is 13.8 Å². The van der Waals surface area contributed by atoms with E-state index in [0.29, 0.717) is 0 Å². The van der Waals surface area contributed by atoms with Crippen molar-refractivity contribution in [1.29, 1.82) is 0 Å². The van der Waals surface area contributed by atoms with Crippen molar-refractivity contribution in [2.45, 2.75) is 57.4 Å². The maximum Gasteiger partial charge on any atom is 0.311 e. The molecule has 0 aliphatic carbocycles. The lowest BCUT2D eigenvalue weighted by Gasteiger charge is -2.41. The molecule has 1 aliphatic heterocycles. The van der Waals surface area contributed by atoms with Crippen LogP contribution in [0.3, 0.4) is 0 Å². The molecule has 1 fully saturated rings. The molecule has 0 aromatic heterocycles. The Bertz CT molecular complexity index is 304. The molecular weight excluding hydrogens is 256 g/mol. The lowest BCUT2D eigenvalue weighted by molar-refractivity contribution is -0.241. The quantitative estimate of drug-likeness (QED) is 0.458. The minimum absolute atomic E-state index is 0.306. The summed E-state index contributed by atoms with van der Waals surface area (Å²) in [5, 5.41) is 38.2. The average Bonchev–Trinajstić information content (AvgIpc) is 2.35. The molecule has 1 heterocycles. The smallest absolute Gasteiger partial charge is 0.311 e. The first-order valence-electron chi connectivity index (χ1n) is 6.30. The molecule has 1 aliphatic rings. The van der Waals surface area contributed by atoms with E-state index in [2.05, 4.69) is 0 Å². The number of rotatable bonds is 4. The molecule has 4 N–H and O–H groups in total. The second-order valence-electron chi connectivity index (χ2n) is 5.07. The number of hydrogen-bond acceptors (Lipinski definition) is 7. The van der Waals surface area contributed by atoms with E-state index in [9.17, 15) is 20.1 Å². The van der Waals surface area contributed by atoms with Crippen LogP contribution in [0.1, 0.15) is 20.8 Å². The molecule has 7 heteroatoms. The van der Waals surface area contributed by atoms with Crippen LogP contribution in [-0.2, 0) is 14.3 Å². The van der Waals surface area contributed by atoms with E-state index in [-0.39, 0.29) is 6.10 Å². The standard InChI is InChI=1S/C12H22O7/c1-5(2)18-12(17)6(3)11-10(16)9(15)8(14)7(4-13)19-11/h5-11,13-16H,4H2,1-3H3/t6?,7-,8+,9+,10-,11?/m1/s1. The first kappa shape index (κ1) is 16.3. The Labute approximate surface area is 111 Å². The number of carbonyl (C=O) groups is 1. The van der Waals surface area contributed by atoms with Crippen molar-refractivity contribution >= 4 is 5.97 Å². The van der Waals surface area contributed by atoms with Crippen molar-refractivity contribution in [3.63, 3.8) is 0 Å². The third-order valence-corrected chi connectivity index (χ3v) is 3.15. The maximum absolute atomic E-state index is 11.8. The second kappa shape index (κ2) is 6.62. The van der Waals surface area contributed by atoms with Crippen LogP contribution in [0.4, 0.5) is 0 Å². The first-order chi connectivity index (χ1) is 8.79. The molecule has 0 saturated carbocycles. The van der Waals surface area contributed by atoms with Crippen molar-refractivity contribution in [1.82, 2.24) is 0 Å². The highest BCUT2D eigenvalue weighted by Gasteiger charge is 2.47. The van der Waals surface area contributed by atoms with Crippen molar-refractivity contribution in [2.24, 2.45) is 5.92 Å². The predicted molar refractivity (Wildman–Crippen MR) is 64.2 cm³/mol. The summed E-state index contributed by atoms with van der Waals surface area (Å²) in [6.07, 6.45) is -6.69. The molecule has 7 nitrogen and oxygen atoms in total. The van der Waals surface area contributed by atoms with E-state index in [0.717, 1.165) is 0 Å². The molecular formula is C12H22O7. The van der Waals surface area contributed by atoms with E-state index >= 15 is 0 Å². The zero-order chi connectivity index (χ0) is 14.7. The second-order valence-corrected chi connectivity index (χ2v) is 5.07. The Morgan fingerprint density at radius 2 is 1.74 bits per heavy atom. The van der Waals surface area contributed by atoms with Crippen molar-refractivity contribution in [2.75, 3.05) is 6.61 Å². The predicted octanol–water partition coefficient (Wildman–Crippen LogP) is -1.58. The SMILES string of the molecule is CC(C)OC(=O)C(C)C1O[C@H](CO)[C@H](O)[C@H](O)[C@H]1O. The van der Waals surface area contributed by atoms with Gasteiger partial charge in [-0.15, -0.1) is 0 Å². The molecule has 0 bridgehead atoms. The van der Waals surface area contributed by atoms with E-state index in [1.807, 2.05) is 0 Å². The lowest BCUT2D eigenvalue weighted by atomic mass is 9.89. The van der Waals surface area contributed by atoms with Gasteiger partial charge in [0.15, 0.2) is 0 Å². The molecule has 1 rings (SSSR count). The van der Waals surface area contributed by atoms with Crippen LogP contribution in [0.25, 0.3) is 0 Å². The molecule has 0 aromatic rings. The molecule has 0 amide bonds. The fraction of sp³-hybridized carbons (Fsp3) is 0.917. The number of esters is 1. The normalized spacial score (nSPS) is 37.2. The van der Waals surface area contributed by atoms with Crippen LogP contribution in [0.5, 0.6) is 0 Å². The van der Waals surface area contributed by atoms with Gasteiger partial charge in [-0.05, 0) is 20.8 Å². The largest absolute Gasteiger partial charge is 0.463 e. The van der Waals surface area contributed by atoms with Gasteiger partial charge in [0, 0.05) is 0 Å². The summed E-state index contributed by atoms with van der Waals surface area (Å²) in [4.78, 5) is 11.8. The molecule has 2 unspecified atom stereocenters. The Morgan fingerprint density at radius 1 is 1.16 bits per heavy atom. The van der Waals surface area contributed by atoms with Crippen LogP contribution >= 0.6 is 0 Å². The summed E-state index contributed by atoms with van der Waals surface area (Å²) >= 11 is 0. The average molecular weight is 278 g/mol. The van der Waals surface area contributed by atoms with Crippen molar-refractivity contribution in [3.8, 4) is 0 Å². The number of aliphatic hydroxyl groups is 4. The molecule has 112 valence electrons. The van der Waals surface area contributed by atoms with Gasteiger partial charge < -0.3 is 29.9 Å². The van der Waals surface area contributed by atoms with Gasteiger partial charge in [-0.1, -0.05) is 0 Å². The van der Waals surface area contributed by atoms with Gasteiger partial charge in [0.2, 0.25) is 0 Å². The minimum Gasteiger partial charge on any atom is -0.463 e. The van der Waals surface area contributed by atoms with Gasteiger partial charge in [-0.2, -0.15) is 0 Å². The van der Waals surface area contributed by atoms with E-state index in [4.69, 9.17) is 14.6 Å². The van der Waals surface area contributed by atoms with Crippen LogP contribution in [0, 0.1) is 5.92 Å². The van der Waals surface area contributed by atoms with Gasteiger partial charge in [0.1, 0.15) is 24.4 Å². The van der Waals surface area contributed by atoms with Gasteiger partial charge >= 0.3 is 5.97 Å². The molecule has 19 heavy (non-hydrogen) atoms. The number of hydrogen-bond donors (Lipinski definition) is 4. The van der Waals surface area contributed by atoms with Crippen LogP contribution in [-0.4, -0.2) is 69.6 Å². The maximum atomic E-state index is 11.8. The van der Waals surface area contributed by atoms with Gasteiger partial charge in [-0.3, -0.25) is 4.79 Å². The lowest BCUT2D eigenvalue weighted by Crippen LogP contribution is -2.60. The molecule has 1 saturated heterocycles. The topological polar surface area (TPSA) is 116 Å². The summed E-state index contributed by atoms with van der Waals surface area (Å²) in [6, 6.07) is 0. The minimum atomic E-state index is -1.48. The molecule has 0 radical (unpaired) electrons. The Balaban J connectivity index is 2.77. The summed E-state index contributed by atoms with van der Waals surface area (Å²) in [6.45, 7) is 4.36. The van der Waals surface area contributed by atoms with Gasteiger partial charge in [0.25, 0.3) is 0 Å². The third-order valence-electron chi connectivity index (χ3n) is 3.15. The fourth-order valence-electron chi connectivity index (χ4n) is 2.02. The highest BCUT2D eigenvalue weighted by molar-refractivity contribution is 5.73. The summed E-state index contributed by atoms with van der Waals surface area (Å²) in [7, 11) is 0. The Morgan fingerprint density at radius 3 is 2.21 bits per heavy atom. The number of aliphatic hydroxyl groups excluding tert-OH is 4. The molecule has 6 atom stereocenters. The van der Waals surface area contributed by atoms with Gasteiger partial charge in [0.05, 0.1) is 24.7 Å². The number of carbonyl (C=O) groups excluding carboxylic acids is 1. The summed E-state index contributed by atoms with van der Waals surface area (Å²) < 4.78 is 10.3. The zero-order valence-corrected chi connectivity index (χ0v) is 11.3. The third kappa shape index (κ3) is 3.64. The molecule has 0 aromatic carbocycles. The van der Waals surface area contributed by atoms with Crippen molar-refractivity contribution in [3.05, 3.63) is 0 Å². The zero-order valence-electron chi connectivity index (χ0n) is 11.3. The fourth-order valence-corrected chi connectivity index (χ4v) is 2.02. The van der Waals surface area contributed by atoms with Crippen LogP contribution < -0.4 is 0 Å². The summed E-state index contributed by atoms with van der Waals surface area (Å²) in [5.41, 5.74) is 0. The molecule has 0 spiro atoms. The highest BCUT2D eigenvalue weighted by Crippen LogP contribution is 2.26. The Hall–Kier alpha value is -0.730. The van der Waals surface area contributed by atoms with Crippen LogP contribution in [0.2, 0.25) is 0 Å². The first-order valence-corrected chi connectivity index (χ1v) is 6.30. The monoisotopic (exact) mass is 278 g/mol. The summed E-state index contributed by atoms with van der Waals surface area (Å²) in [5.74, 6) is -1.40. The van der Waals surface area contributed by atoms with E-state index < -0.39 is 49.0 Å². The Kier molecular flexibility index (Phi) is 5.69. The van der Waals surface area contributed by atoms with E-state index in [1.165, 1.54) is 6.92 Å². The number of ether oxygens (including phenoxy) is 2. The van der Waals surface area contributed by atoms with Gasteiger partial charge in [-0.25, -0.2) is 0 Å². The highest BCUT2D eigenvalue weighted by atomic mass is 16.6.